The molecular formula is C25H30FN5. The number of benzene rings is 2. The second-order valence-corrected chi connectivity index (χ2v) is 8.64. The van der Waals surface area contributed by atoms with Crippen LogP contribution in [0.1, 0.15) is 18.4 Å². The zero-order valence-electron chi connectivity index (χ0n) is 17.9. The maximum atomic E-state index is 14.1. The summed E-state index contributed by atoms with van der Waals surface area (Å²) in [5.41, 5.74) is 4.31. The van der Waals surface area contributed by atoms with Crippen LogP contribution >= 0.6 is 0 Å². The Morgan fingerprint density at radius 3 is 2.52 bits per heavy atom. The van der Waals surface area contributed by atoms with Crippen molar-refractivity contribution in [3.63, 3.8) is 0 Å². The summed E-state index contributed by atoms with van der Waals surface area (Å²) in [5.74, 6) is -0.117. The van der Waals surface area contributed by atoms with E-state index < -0.39 is 0 Å². The Kier molecular flexibility index (Phi) is 6.00. The van der Waals surface area contributed by atoms with Crippen LogP contribution in [0.25, 0.3) is 11.3 Å². The molecule has 2 fully saturated rings. The number of aromatic nitrogens is 2. The first-order valence-corrected chi connectivity index (χ1v) is 11.3. The van der Waals surface area contributed by atoms with Crippen molar-refractivity contribution in [1.82, 2.24) is 20.0 Å². The van der Waals surface area contributed by atoms with Crippen LogP contribution in [-0.4, -0.2) is 65.3 Å². The lowest BCUT2D eigenvalue weighted by Gasteiger charge is -2.44. The van der Waals surface area contributed by atoms with Crippen LogP contribution in [0.2, 0.25) is 0 Å². The van der Waals surface area contributed by atoms with E-state index in [4.69, 9.17) is 0 Å². The Morgan fingerprint density at radius 2 is 1.71 bits per heavy atom. The number of aromatic amines is 1. The van der Waals surface area contributed by atoms with Gasteiger partial charge in [0.1, 0.15) is 5.82 Å². The quantitative estimate of drug-likeness (QED) is 0.678. The van der Waals surface area contributed by atoms with Gasteiger partial charge in [0.2, 0.25) is 0 Å². The second kappa shape index (κ2) is 9.20. The number of nitrogens with zero attached hydrogens (tertiary/aromatic N) is 4. The number of nitrogens with one attached hydrogen (secondary N) is 1. The van der Waals surface area contributed by atoms with Crippen LogP contribution in [0.4, 0.5) is 10.1 Å². The average molecular weight is 420 g/mol. The lowest BCUT2D eigenvalue weighted by molar-refractivity contribution is 0.0887. The SMILES string of the molecule is Fc1ccccc1N1CCN([C@H]2CCCN(Cc3cn[nH]c3-c3ccccc3)C2)CC1. The molecule has 0 aliphatic carbocycles. The van der Waals surface area contributed by atoms with Gasteiger partial charge in [0.25, 0.3) is 0 Å². The van der Waals surface area contributed by atoms with Gasteiger partial charge in [-0.3, -0.25) is 14.9 Å². The Bertz CT molecular complexity index is 980. The van der Waals surface area contributed by atoms with Crippen molar-refractivity contribution >= 4 is 5.69 Å². The highest BCUT2D eigenvalue weighted by molar-refractivity contribution is 5.62. The molecule has 5 nitrogen and oxygen atoms in total. The first-order valence-electron chi connectivity index (χ1n) is 11.3. The van der Waals surface area contributed by atoms with Crippen LogP contribution in [-0.2, 0) is 6.54 Å². The number of halogens is 1. The minimum Gasteiger partial charge on any atom is -0.367 e. The number of likely N-dealkylation sites (tertiary alicyclic amines) is 1. The zero-order chi connectivity index (χ0) is 21.0. The molecule has 1 aromatic heterocycles. The smallest absolute Gasteiger partial charge is 0.146 e. The van der Waals surface area contributed by atoms with E-state index in [2.05, 4.69) is 49.2 Å². The molecule has 2 saturated heterocycles. The van der Waals surface area contributed by atoms with E-state index in [0.29, 0.717) is 6.04 Å². The maximum absolute atomic E-state index is 14.1. The molecule has 1 atom stereocenters. The van der Waals surface area contributed by atoms with E-state index >= 15 is 0 Å². The summed E-state index contributed by atoms with van der Waals surface area (Å²) >= 11 is 0. The van der Waals surface area contributed by atoms with Crippen molar-refractivity contribution in [1.29, 1.82) is 0 Å². The molecule has 0 spiro atoms. The number of para-hydroxylation sites is 1. The number of hydrogen-bond acceptors (Lipinski definition) is 4. The topological polar surface area (TPSA) is 38.4 Å². The van der Waals surface area contributed by atoms with Crippen molar-refractivity contribution in [2.45, 2.75) is 25.4 Å². The summed E-state index contributed by atoms with van der Waals surface area (Å²) in [4.78, 5) is 7.36. The summed E-state index contributed by atoms with van der Waals surface area (Å²) in [7, 11) is 0. The van der Waals surface area contributed by atoms with Gasteiger partial charge < -0.3 is 4.90 Å². The number of piperazine rings is 1. The minimum atomic E-state index is -0.117. The largest absolute Gasteiger partial charge is 0.367 e. The minimum absolute atomic E-state index is 0.117. The zero-order valence-corrected chi connectivity index (χ0v) is 17.9. The van der Waals surface area contributed by atoms with Crippen LogP contribution in [0.15, 0.2) is 60.8 Å². The van der Waals surface area contributed by atoms with Gasteiger partial charge in [-0.25, -0.2) is 4.39 Å². The molecule has 6 heteroatoms. The van der Waals surface area contributed by atoms with Gasteiger partial charge in [-0.15, -0.1) is 0 Å². The summed E-state index contributed by atoms with van der Waals surface area (Å²) in [6.45, 7) is 6.90. The highest BCUT2D eigenvalue weighted by Gasteiger charge is 2.29. The molecule has 0 radical (unpaired) electrons. The van der Waals surface area contributed by atoms with E-state index in [0.717, 1.165) is 57.2 Å². The van der Waals surface area contributed by atoms with Gasteiger partial charge in [0.15, 0.2) is 0 Å². The number of hydrogen-bond donors (Lipinski definition) is 1. The molecular weight excluding hydrogens is 389 g/mol. The molecule has 5 rings (SSSR count). The fraction of sp³-hybridized carbons (Fsp3) is 0.400. The molecule has 1 N–H and O–H groups in total. The molecule has 2 aromatic carbocycles. The van der Waals surface area contributed by atoms with Gasteiger partial charge in [-0.1, -0.05) is 42.5 Å². The molecule has 0 saturated carbocycles. The summed E-state index contributed by atoms with van der Waals surface area (Å²) in [6.07, 6.45) is 4.43. The Morgan fingerprint density at radius 1 is 0.935 bits per heavy atom. The van der Waals surface area contributed by atoms with Gasteiger partial charge >= 0.3 is 0 Å². The summed E-state index contributed by atoms with van der Waals surface area (Å²) in [6, 6.07) is 18.1. The van der Waals surface area contributed by atoms with Crippen molar-refractivity contribution in [2.24, 2.45) is 0 Å². The lowest BCUT2D eigenvalue weighted by Crippen LogP contribution is -2.55. The highest BCUT2D eigenvalue weighted by Crippen LogP contribution is 2.26. The number of H-pyrrole nitrogens is 1. The van der Waals surface area contributed by atoms with E-state index in [1.807, 2.05) is 24.4 Å². The van der Waals surface area contributed by atoms with Gasteiger partial charge in [0.05, 0.1) is 17.6 Å². The Balaban J connectivity index is 1.19. The Labute approximate surface area is 183 Å². The van der Waals surface area contributed by atoms with Gasteiger partial charge in [-0.2, -0.15) is 5.10 Å². The molecule has 0 unspecified atom stereocenters. The molecule has 162 valence electrons. The molecule has 3 aromatic rings. The van der Waals surface area contributed by atoms with Crippen molar-refractivity contribution in [3.8, 4) is 11.3 Å². The fourth-order valence-electron chi connectivity index (χ4n) is 5.04. The van der Waals surface area contributed by atoms with Gasteiger partial charge in [0, 0.05) is 50.9 Å². The summed E-state index contributed by atoms with van der Waals surface area (Å²) < 4.78 is 14.1. The van der Waals surface area contributed by atoms with Crippen molar-refractivity contribution in [2.75, 3.05) is 44.2 Å². The van der Waals surface area contributed by atoms with E-state index in [1.165, 1.54) is 24.0 Å². The number of piperidine rings is 1. The standard InChI is InChI=1S/C25H30FN5/c26-23-10-4-5-11-24(23)31-15-13-30(14-16-31)22-9-6-12-29(19-22)18-21-17-27-28-25(21)20-7-2-1-3-8-20/h1-5,7-8,10-11,17,22H,6,9,12-16,18-19H2,(H,27,28)/t22-/m0/s1. The van der Waals surface area contributed by atoms with Gasteiger partial charge in [-0.05, 0) is 37.1 Å². The van der Waals surface area contributed by atoms with E-state index in [9.17, 15) is 4.39 Å². The van der Waals surface area contributed by atoms with Crippen LogP contribution < -0.4 is 4.90 Å². The first kappa shape index (κ1) is 20.2. The van der Waals surface area contributed by atoms with Crippen molar-refractivity contribution < 1.29 is 4.39 Å². The molecule has 0 amide bonds. The lowest BCUT2D eigenvalue weighted by atomic mass is 10.0. The van der Waals surface area contributed by atoms with Crippen molar-refractivity contribution in [3.05, 3.63) is 72.2 Å². The monoisotopic (exact) mass is 419 g/mol. The second-order valence-electron chi connectivity index (χ2n) is 8.64. The molecule has 0 bridgehead atoms. The van der Waals surface area contributed by atoms with E-state index in [1.54, 1.807) is 12.1 Å². The third kappa shape index (κ3) is 4.50. The third-order valence-corrected chi connectivity index (χ3v) is 6.68. The maximum Gasteiger partial charge on any atom is 0.146 e. The van der Waals surface area contributed by atoms with Crippen LogP contribution in [0.3, 0.4) is 0 Å². The third-order valence-electron chi connectivity index (χ3n) is 6.68. The predicted octanol–water partition coefficient (Wildman–Crippen LogP) is 4.00. The number of anilines is 1. The first-order chi connectivity index (χ1) is 15.3. The normalized spacial score (nSPS) is 20.8. The number of rotatable bonds is 5. The molecule has 31 heavy (non-hydrogen) atoms. The molecule has 3 heterocycles. The molecule has 2 aliphatic heterocycles. The fourth-order valence-corrected chi connectivity index (χ4v) is 5.04. The summed E-state index contributed by atoms with van der Waals surface area (Å²) in [5, 5.41) is 7.51. The van der Waals surface area contributed by atoms with Crippen LogP contribution in [0.5, 0.6) is 0 Å². The van der Waals surface area contributed by atoms with Crippen LogP contribution in [0, 0.1) is 5.82 Å². The van der Waals surface area contributed by atoms with E-state index in [-0.39, 0.29) is 5.82 Å². The average Bonchev–Trinajstić information content (AvgIpc) is 3.28. The highest BCUT2D eigenvalue weighted by atomic mass is 19.1. The molecule has 2 aliphatic rings. The Hall–Kier alpha value is -2.70. The predicted molar refractivity (Wildman–Crippen MR) is 123 cm³/mol.